The number of ether oxygens (including phenoxy) is 1. The van der Waals surface area contributed by atoms with Crippen LogP contribution in [0.25, 0.3) is 11.4 Å². The van der Waals surface area contributed by atoms with Gasteiger partial charge in [0.2, 0.25) is 5.91 Å². The third kappa shape index (κ3) is 6.35. The van der Waals surface area contributed by atoms with Crippen molar-refractivity contribution in [2.45, 2.75) is 45.4 Å². The molecule has 1 N–H and O–H groups in total. The Labute approximate surface area is 199 Å². The highest BCUT2D eigenvalue weighted by Crippen LogP contribution is 2.28. The van der Waals surface area contributed by atoms with Crippen molar-refractivity contribution in [1.82, 2.24) is 20.1 Å². The highest BCUT2D eigenvalue weighted by Gasteiger charge is 2.21. The van der Waals surface area contributed by atoms with Crippen LogP contribution >= 0.6 is 11.8 Å². The Morgan fingerprint density at radius 2 is 1.79 bits per heavy atom. The van der Waals surface area contributed by atoms with Crippen molar-refractivity contribution in [2.75, 3.05) is 12.9 Å². The second kappa shape index (κ2) is 11.3. The molecule has 3 aromatic rings. The van der Waals surface area contributed by atoms with E-state index in [1.165, 1.54) is 17.8 Å². The van der Waals surface area contributed by atoms with Crippen LogP contribution < -0.4 is 10.1 Å². The van der Waals surface area contributed by atoms with Crippen LogP contribution in [0.5, 0.6) is 5.75 Å². The molecule has 33 heavy (non-hydrogen) atoms. The van der Waals surface area contributed by atoms with Gasteiger partial charge in [0.15, 0.2) is 11.0 Å². The SMILES string of the molecule is COc1ccc(C(NC(=O)CSc2nnc(-c3ccccc3F)n2CC(C)C)C(C)C)cc1. The second-order valence-electron chi connectivity index (χ2n) is 8.64. The monoisotopic (exact) mass is 470 g/mol. The minimum Gasteiger partial charge on any atom is -0.497 e. The molecular formula is C25H31FN4O2S. The number of nitrogens with zero attached hydrogens (tertiary/aromatic N) is 3. The molecule has 1 atom stereocenters. The number of hydrogen-bond acceptors (Lipinski definition) is 5. The highest BCUT2D eigenvalue weighted by atomic mass is 32.2. The third-order valence-corrected chi connectivity index (χ3v) is 6.14. The molecule has 0 aliphatic heterocycles. The fourth-order valence-electron chi connectivity index (χ4n) is 3.56. The zero-order chi connectivity index (χ0) is 24.0. The van der Waals surface area contributed by atoms with Gasteiger partial charge in [0, 0.05) is 6.54 Å². The lowest BCUT2D eigenvalue weighted by Gasteiger charge is -2.23. The number of thioether (sulfide) groups is 1. The van der Waals surface area contributed by atoms with Gasteiger partial charge in [0.1, 0.15) is 11.6 Å². The number of halogens is 1. The Kier molecular flexibility index (Phi) is 8.49. The van der Waals surface area contributed by atoms with E-state index in [4.69, 9.17) is 4.74 Å². The lowest BCUT2D eigenvalue weighted by Crippen LogP contribution is -2.33. The van der Waals surface area contributed by atoms with E-state index in [9.17, 15) is 9.18 Å². The molecule has 1 heterocycles. The smallest absolute Gasteiger partial charge is 0.230 e. The zero-order valence-electron chi connectivity index (χ0n) is 19.7. The van der Waals surface area contributed by atoms with E-state index >= 15 is 0 Å². The maximum Gasteiger partial charge on any atom is 0.230 e. The summed E-state index contributed by atoms with van der Waals surface area (Å²) in [5.74, 6) is 1.52. The van der Waals surface area contributed by atoms with Gasteiger partial charge < -0.3 is 14.6 Å². The van der Waals surface area contributed by atoms with Crippen LogP contribution in [0.2, 0.25) is 0 Å². The van der Waals surface area contributed by atoms with Crippen LogP contribution in [0, 0.1) is 17.7 Å². The fraction of sp³-hybridized carbons (Fsp3) is 0.400. The highest BCUT2D eigenvalue weighted by molar-refractivity contribution is 7.99. The molecule has 8 heteroatoms. The van der Waals surface area contributed by atoms with E-state index in [2.05, 4.69) is 43.2 Å². The number of carbonyl (C=O) groups excluding carboxylic acids is 1. The van der Waals surface area contributed by atoms with Crippen molar-refractivity contribution in [2.24, 2.45) is 11.8 Å². The molecule has 0 aliphatic rings. The Balaban J connectivity index is 1.74. The van der Waals surface area contributed by atoms with E-state index in [-0.39, 0.29) is 29.4 Å². The van der Waals surface area contributed by atoms with Gasteiger partial charge in [0.25, 0.3) is 0 Å². The topological polar surface area (TPSA) is 69.0 Å². The average molecular weight is 471 g/mol. The molecular weight excluding hydrogens is 439 g/mol. The first-order valence-electron chi connectivity index (χ1n) is 11.0. The Hall–Kier alpha value is -2.87. The number of rotatable bonds is 10. The van der Waals surface area contributed by atoms with Crippen molar-refractivity contribution >= 4 is 17.7 Å². The molecule has 0 saturated heterocycles. The molecule has 1 aromatic heterocycles. The average Bonchev–Trinajstić information content (AvgIpc) is 3.17. The van der Waals surface area contributed by atoms with E-state index in [0.29, 0.717) is 29.0 Å². The van der Waals surface area contributed by atoms with E-state index < -0.39 is 0 Å². The number of methoxy groups -OCH3 is 1. The van der Waals surface area contributed by atoms with Gasteiger partial charge >= 0.3 is 0 Å². The van der Waals surface area contributed by atoms with Crippen LogP contribution in [0.15, 0.2) is 53.7 Å². The van der Waals surface area contributed by atoms with E-state index in [1.807, 2.05) is 28.8 Å². The summed E-state index contributed by atoms with van der Waals surface area (Å²) in [6.07, 6.45) is 0. The Bertz CT molecular complexity index is 1070. The maximum atomic E-state index is 14.4. The third-order valence-electron chi connectivity index (χ3n) is 5.17. The lowest BCUT2D eigenvalue weighted by atomic mass is 9.96. The van der Waals surface area contributed by atoms with Crippen molar-refractivity contribution < 1.29 is 13.9 Å². The minimum absolute atomic E-state index is 0.0962. The summed E-state index contributed by atoms with van der Waals surface area (Å²) in [6, 6.07) is 14.1. The fourth-order valence-corrected chi connectivity index (χ4v) is 4.32. The first-order chi connectivity index (χ1) is 15.8. The Morgan fingerprint density at radius 1 is 1.09 bits per heavy atom. The van der Waals surface area contributed by atoms with Crippen molar-refractivity contribution in [1.29, 1.82) is 0 Å². The van der Waals surface area contributed by atoms with Crippen LogP contribution in [-0.2, 0) is 11.3 Å². The van der Waals surface area contributed by atoms with E-state index in [1.54, 1.807) is 25.3 Å². The molecule has 0 saturated carbocycles. The van der Waals surface area contributed by atoms with E-state index in [0.717, 1.165) is 11.3 Å². The summed E-state index contributed by atoms with van der Waals surface area (Å²) < 4.78 is 21.5. The number of carbonyl (C=O) groups is 1. The molecule has 6 nitrogen and oxygen atoms in total. The molecule has 3 rings (SSSR count). The molecule has 1 unspecified atom stereocenters. The minimum atomic E-state index is -0.344. The Morgan fingerprint density at radius 3 is 2.39 bits per heavy atom. The number of hydrogen-bond donors (Lipinski definition) is 1. The van der Waals surface area contributed by atoms with Gasteiger partial charge in [-0.3, -0.25) is 4.79 Å². The number of nitrogens with one attached hydrogen (secondary N) is 1. The van der Waals surface area contributed by atoms with Gasteiger partial charge in [-0.15, -0.1) is 10.2 Å². The maximum absolute atomic E-state index is 14.4. The number of aromatic nitrogens is 3. The summed E-state index contributed by atoms with van der Waals surface area (Å²) >= 11 is 1.31. The van der Waals surface area contributed by atoms with Crippen LogP contribution in [-0.4, -0.2) is 33.5 Å². The van der Waals surface area contributed by atoms with Gasteiger partial charge in [-0.2, -0.15) is 0 Å². The second-order valence-corrected chi connectivity index (χ2v) is 9.58. The summed E-state index contributed by atoms with van der Waals surface area (Å²) in [5.41, 5.74) is 1.43. The van der Waals surface area contributed by atoms with Gasteiger partial charge in [-0.05, 0) is 41.7 Å². The van der Waals surface area contributed by atoms with Crippen molar-refractivity contribution in [3.63, 3.8) is 0 Å². The molecule has 0 aliphatic carbocycles. The summed E-state index contributed by atoms with van der Waals surface area (Å²) in [4.78, 5) is 12.8. The summed E-state index contributed by atoms with van der Waals surface area (Å²) in [5, 5.41) is 12.2. The quantitative estimate of drug-likeness (QED) is 0.404. The van der Waals surface area contributed by atoms with Crippen LogP contribution in [0.3, 0.4) is 0 Å². The van der Waals surface area contributed by atoms with Crippen molar-refractivity contribution in [3.8, 4) is 17.1 Å². The first-order valence-corrected chi connectivity index (χ1v) is 12.0. The van der Waals surface area contributed by atoms with Crippen molar-refractivity contribution in [3.05, 3.63) is 59.9 Å². The molecule has 0 bridgehead atoms. The number of benzene rings is 2. The lowest BCUT2D eigenvalue weighted by molar-refractivity contribution is -0.119. The van der Waals surface area contributed by atoms with Crippen LogP contribution in [0.1, 0.15) is 39.3 Å². The van der Waals surface area contributed by atoms with Gasteiger partial charge in [0.05, 0.1) is 24.5 Å². The predicted octanol–water partition coefficient (Wildman–Crippen LogP) is 5.35. The normalized spacial score (nSPS) is 12.2. The molecule has 0 spiro atoms. The zero-order valence-corrected chi connectivity index (χ0v) is 20.5. The molecule has 176 valence electrons. The van der Waals surface area contributed by atoms with Gasteiger partial charge in [-0.25, -0.2) is 4.39 Å². The molecule has 2 aromatic carbocycles. The van der Waals surface area contributed by atoms with Crippen LogP contribution in [0.4, 0.5) is 4.39 Å². The molecule has 1 amide bonds. The predicted molar refractivity (Wildman–Crippen MR) is 130 cm³/mol. The number of amides is 1. The summed E-state index contributed by atoms with van der Waals surface area (Å²) in [7, 11) is 1.63. The van der Waals surface area contributed by atoms with Gasteiger partial charge in [-0.1, -0.05) is 63.7 Å². The summed E-state index contributed by atoms with van der Waals surface area (Å²) in [6.45, 7) is 8.92. The standard InChI is InChI=1S/C25H31FN4O2S/c1-16(2)14-30-24(20-8-6-7-9-21(20)26)28-29-25(30)33-15-22(31)27-23(17(3)4)18-10-12-19(32-5)13-11-18/h6-13,16-17,23H,14-15H2,1-5H3,(H,27,31). The largest absolute Gasteiger partial charge is 0.497 e. The first kappa shape index (κ1) is 24.8. The molecule has 0 radical (unpaired) electrons. The molecule has 0 fully saturated rings.